The molecule has 0 spiro atoms. The van der Waals surface area contributed by atoms with Gasteiger partial charge in [0.1, 0.15) is 17.8 Å². The molecule has 0 unspecified atom stereocenters. The minimum Gasteiger partial charge on any atom is -0.478 e. The van der Waals surface area contributed by atoms with E-state index in [1.807, 2.05) is 48.5 Å². The predicted molar refractivity (Wildman–Crippen MR) is 148 cm³/mol. The standard InChI is InChI=1S/C31H35N3O4/c1-31(2,21-33(3)19-23-5-9-26(10-6-23)30(35)36)22-34(4)20-24-7-13-27(14-8-24)38-28-15-11-25(12-16-28)29-32-17-18-37-29/h5-18H,19-22H2,1-4H3,(H,35,36). The second-order valence-electron chi connectivity index (χ2n) is 10.6. The number of rotatable bonds is 12. The van der Waals surface area contributed by atoms with Gasteiger partial charge in [0.2, 0.25) is 5.89 Å². The van der Waals surface area contributed by atoms with Gasteiger partial charge in [0.15, 0.2) is 0 Å². The number of hydrogen-bond donors (Lipinski definition) is 1. The average molecular weight is 514 g/mol. The van der Waals surface area contributed by atoms with Crippen molar-refractivity contribution in [2.75, 3.05) is 27.2 Å². The lowest BCUT2D eigenvalue weighted by Crippen LogP contribution is -2.39. The highest BCUT2D eigenvalue weighted by Crippen LogP contribution is 2.26. The van der Waals surface area contributed by atoms with E-state index in [2.05, 4.69) is 54.9 Å². The Morgan fingerprint density at radius 3 is 1.82 bits per heavy atom. The summed E-state index contributed by atoms with van der Waals surface area (Å²) in [5.74, 6) is 1.24. The zero-order valence-corrected chi connectivity index (χ0v) is 22.4. The molecule has 0 fully saturated rings. The van der Waals surface area contributed by atoms with Crippen LogP contribution in [0.5, 0.6) is 11.5 Å². The monoisotopic (exact) mass is 513 g/mol. The Balaban J connectivity index is 1.25. The predicted octanol–water partition coefficient (Wildman–Crippen LogP) is 6.42. The van der Waals surface area contributed by atoms with Crippen molar-refractivity contribution in [2.24, 2.45) is 5.41 Å². The number of nitrogens with zero attached hydrogens (tertiary/aromatic N) is 3. The molecule has 4 rings (SSSR count). The molecule has 0 amide bonds. The van der Waals surface area contributed by atoms with Crippen LogP contribution in [0.4, 0.5) is 0 Å². The lowest BCUT2D eigenvalue weighted by molar-refractivity contribution is 0.0697. The van der Waals surface area contributed by atoms with Crippen LogP contribution >= 0.6 is 0 Å². The van der Waals surface area contributed by atoms with Gasteiger partial charge in [-0.3, -0.25) is 0 Å². The van der Waals surface area contributed by atoms with Gasteiger partial charge in [0.05, 0.1) is 11.8 Å². The second kappa shape index (κ2) is 12.1. The molecule has 4 aromatic rings. The number of benzene rings is 3. The SMILES string of the molecule is CN(Cc1ccc(Oc2ccc(-c3ncco3)cc2)cc1)CC(C)(C)CN(C)Cc1ccc(C(=O)O)cc1. The molecule has 38 heavy (non-hydrogen) atoms. The summed E-state index contributed by atoms with van der Waals surface area (Å²) in [6.45, 7) is 8.02. The molecule has 3 aromatic carbocycles. The van der Waals surface area contributed by atoms with E-state index in [9.17, 15) is 4.79 Å². The second-order valence-corrected chi connectivity index (χ2v) is 10.6. The number of ether oxygens (including phenoxy) is 1. The van der Waals surface area contributed by atoms with Crippen molar-refractivity contribution >= 4 is 5.97 Å². The number of aromatic nitrogens is 1. The molecular formula is C31H35N3O4. The Kier molecular flexibility index (Phi) is 8.61. The molecule has 1 aromatic heterocycles. The van der Waals surface area contributed by atoms with E-state index < -0.39 is 5.97 Å². The van der Waals surface area contributed by atoms with Gasteiger partial charge >= 0.3 is 5.97 Å². The van der Waals surface area contributed by atoms with E-state index in [0.717, 1.165) is 48.8 Å². The number of oxazole rings is 1. The molecule has 7 nitrogen and oxygen atoms in total. The molecule has 1 heterocycles. The van der Waals surface area contributed by atoms with Crippen LogP contribution in [0.3, 0.4) is 0 Å². The van der Waals surface area contributed by atoms with Gasteiger partial charge in [-0.1, -0.05) is 38.1 Å². The van der Waals surface area contributed by atoms with Gasteiger partial charge in [-0.05, 0) is 79.2 Å². The lowest BCUT2D eigenvalue weighted by atomic mass is 9.91. The Morgan fingerprint density at radius 1 is 0.842 bits per heavy atom. The molecule has 0 atom stereocenters. The maximum Gasteiger partial charge on any atom is 0.335 e. The number of carboxylic acid groups (broad SMARTS) is 1. The highest BCUT2D eigenvalue weighted by molar-refractivity contribution is 5.87. The van der Waals surface area contributed by atoms with E-state index in [1.54, 1.807) is 24.6 Å². The van der Waals surface area contributed by atoms with Crippen LogP contribution in [0, 0.1) is 5.41 Å². The fourth-order valence-corrected chi connectivity index (χ4v) is 4.83. The molecule has 7 heteroatoms. The summed E-state index contributed by atoms with van der Waals surface area (Å²) in [7, 11) is 4.25. The smallest absolute Gasteiger partial charge is 0.335 e. The molecule has 0 saturated carbocycles. The third kappa shape index (κ3) is 7.78. The van der Waals surface area contributed by atoms with E-state index in [-0.39, 0.29) is 5.41 Å². The topological polar surface area (TPSA) is 79.0 Å². The maximum absolute atomic E-state index is 11.1. The Bertz CT molecular complexity index is 1300. The van der Waals surface area contributed by atoms with Gasteiger partial charge in [-0.15, -0.1) is 0 Å². The largest absolute Gasteiger partial charge is 0.478 e. The van der Waals surface area contributed by atoms with Crippen molar-refractivity contribution in [3.8, 4) is 23.0 Å². The molecule has 0 saturated heterocycles. The van der Waals surface area contributed by atoms with Crippen molar-refractivity contribution in [3.63, 3.8) is 0 Å². The van der Waals surface area contributed by atoms with Crippen LogP contribution in [0.1, 0.15) is 35.3 Å². The number of carbonyl (C=O) groups is 1. The van der Waals surface area contributed by atoms with Gasteiger partial charge in [0, 0.05) is 31.7 Å². The highest BCUT2D eigenvalue weighted by Gasteiger charge is 2.22. The van der Waals surface area contributed by atoms with Crippen LogP contribution in [0.15, 0.2) is 89.7 Å². The third-order valence-corrected chi connectivity index (χ3v) is 6.19. The van der Waals surface area contributed by atoms with E-state index in [1.165, 1.54) is 5.56 Å². The summed E-state index contributed by atoms with van der Waals surface area (Å²) in [5.41, 5.74) is 3.63. The fraction of sp³-hybridized carbons (Fsp3) is 0.290. The summed E-state index contributed by atoms with van der Waals surface area (Å²) in [6, 6.07) is 23.0. The summed E-state index contributed by atoms with van der Waals surface area (Å²) in [4.78, 5) is 19.9. The Hall–Kier alpha value is -3.94. The van der Waals surface area contributed by atoms with Crippen molar-refractivity contribution in [1.82, 2.24) is 14.8 Å². The van der Waals surface area contributed by atoms with Crippen molar-refractivity contribution in [3.05, 3.63) is 102 Å². The summed E-state index contributed by atoms with van der Waals surface area (Å²) in [5, 5.41) is 9.08. The molecule has 0 radical (unpaired) electrons. The van der Waals surface area contributed by atoms with Crippen molar-refractivity contribution < 1.29 is 19.1 Å². The summed E-state index contributed by atoms with van der Waals surface area (Å²) in [6.07, 6.45) is 3.19. The summed E-state index contributed by atoms with van der Waals surface area (Å²) < 4.78 is 11.3. The molecule has 0 aliphatic rings. The van der Waals surface area contributed by atoms with Crippen molar-refractivity contribution in [1.29, 1.82) is 0 Å². The van der Waals surface area contributed by atoms with Crippen LogP contribution < -0.4 is 4.74 Å². The van der Waals surface area contributed by atoms with Crippen LogP contribution in [-0.4, -0.2) is 53.0 Å². The van der Waals surface area contributed by atoms with Gasteiger partial charge < -0.3 is 24.1 Å². The maximum atomic E-state index is 11.1. The Morgan fingerprint density at radius 2 is 1.34 bits per heavy atom. The quantitative estimate of drug-likeness (QED) is 0.234. The fourth-order valence-electron chi connectivity index (χ4n) is 4.83. The molecule has 0 aliphatic carbocycles. The van der Waals surface area contributed by atoms with Crippen molar-refractivity contribution in [2.45, 2.75) is 26.9 Å². The third-order valence-electron chi connectivity index (χ3n) is 6.19. The molecule has 1 N–H and O–H groups in total. The van der Waals surface area contributed by atoms with Gasteiger partial charge in [-0.25, -0.2) is 9.78 Å². The summed E-state index contributed by atoms with van der Waals surface area (Å²) >= 11 is 0. The van der Waals surface area contributed by atoms with Crippen LogP contribution in [-0.2, 0) is 13.1 Å². The molecule has 0 aliphatic heterocycles. The van der Waals surface area contributed by atoms with Crippen LogP contribution in [0.25, 0.3) is 11.5 Å². The first-order chi connectivity index (χ1) is 18.2. The number of hydrogen-bond acceptors (Lipinski definition) is 6. The lowest BCUT2D eigenvalue weighted by Gasteiger charge is -2.34. The first kappa shape index (κ1) is 27.1. The number of aromatic carboxylic acids is 1. The normalized spacial score (nSPS) is 11.7. The number of carboxylic acids is 1. The first-order valence-corrected chi connectivity index (χ1v) is 12.6. The Labute approximate surface area is 224 Å². The zero-order valence-electron chi connectivity index (χ0n) is 22.4. The van der Waals surface area contributed by atoms with Gasteiger partial charge in [-0.2, -0.15) is 0 Å². The first-order valence-electron chi connectivity index (χ1n) is 12.6. The molecule has 0 bridgehead atoms. The minimum absolute atomic E-state index is 0.0743. The van der Waals surface area contributed by atoms with E-state index in [0.29, 0.717) is 11.5 Å². The van der Waals surface area contributed by atoms with E-state index in [4.69, 9.17) is 14.3 Å². The van der Waals surface area contributed by atoms with Gasteiger partial charge in [0.25, 0.3) is 0 Å². The highest BCUT2D eigenvalue weighted by atomic mass is 16.5. The minimum atomic E-state index is -0.898. The molecule has 198 valence electrons. The van der Waals surface area contributed by atoms with E-state index >= 15 is 0 Å². The molecular weight excluding hydrogens is 478 g/mol. The zero-order chi connectivity index (χ0) is 27.1. The van der Waals surface area contributed by atoms with Crippen LogP contribution in [0.2, 0.25) is 0 Å². The average Bonchev–Trinajstić information content (AvgIpc) is 3.40.